The number of sulfone groups is 1. The second kappa shape index (κ2) is 11.2. The van der Waals surface area contributed by atoms with Crippen LogP contribution in [0.3, 0.4) is 0 Å². The number of amides is 2. The highest BCUT2D eigenvalue weighted by molar-refractivity contribution is 7.90. The van der Waals surface area contributed by atoms with Crippen LogP contribution in [0.1, 0.15) is 22.3 Å². The van der Waals surface area contributed by atoms with Gasteiger partial charge in [-0.15, -0.1) is 13.2 Å². The number of ether oxygens (including phenoxy) is 3. The van der Waals surface area contributed by atoms with Crippen molar-refractivity contribution in [1.29, 1.82) is 0 Å². The van der Waals surface area contributed by atoms with Crippen molar-refractivity contribution in [2.45, 2.75) is 31.5 Å². The Morgan fingerprint density at radius 3 is 2.32 bits per heavy atom. The summed E-state index contributed by atoms with van der Waals surface area (Å²) in [6.07, 6.45) is -6.62. The number of nitrogens with two attached hydrogens (primary N) is 1. The molecule has 1 heterocycles. The van der Waals surface area contributed by atoms with Crippen LogP contribution in [0.5, 0.6) is 17.2 Å². The molecule has 0 spiro atoms. The summed E-state index contributed by atoms with van der Waals surface area (Å²) in [7, 11) is -3.45. The molecule has 1 fully saturated rings. The van der Waals surface area contributed by atoms with Crippen LogP contribution in [0.4, 0.5) is 17.6 Å². The average Bonchev–Trinajstić information content (AvgIpc) is 2.79. The van der Waals surface area contributed by atoms with E-state index in [1.165, 1.54) is 35.2 Å². The van der Waals surface area contributed by atoms with Crippen LogP contribution >= 0.6 is 0 Å². The second-order valence-corrected chi connectivity index (χ2v) is 10.5. The van der Waals surface area contributed by atoms with E-state index in [1.54, 1.807) is 0 Å². The average molecular weight is 549 g/mol. The zero-order chi connectivity index (χ0) is 27.4. The van der Waals surface area contributed by atoms with Gasteiger partial charge in [-0.2, -0.15) is 0 Å². The number of nitrogens with zero attached hydrogens (tertiary/aromatic N) is 1. The number of carbonyl (C=O) groups is 2. The summed E-state index contributed by atoms with van der Waals surface area (Å²) in [6, 6.07) is 8.62. The summed E-state index contributed by atoms with van der Waals surface area (Å²) in [6.45, 7) is -0.190. The summed E-state index contributed by atoms with van der Waals surface area (Å²) in [4.78, 5) is 25.7. The highest BCUT2D eigenvalue weighted by Gasteiger charge is 2.34. The fourth-order valence-electron chi connectivity index (χ4n) is 3.57. The lowest BCUT2D eigenvalue weighted by Gasteiger charge is -2.35. The standard InChI is InChI=1S/C23H24F4N2O7S/c1-37(32,33)13-34-16-6-7-17(22(28)31)20(11-16)35-19-8-9-29(12-18(19)24)21(30)10-14-2-4-15(5-3-14)36-23(25,26)27/h2-7,11,18-19H,8-10,12-13H2,1H3,(H2,28,31)/t18-,19+/m0/s1. The third kappa shape index (κ3) is 8.51. The molecule has 3 rings (SSSR count). The summed E-state index contributed by atoms with van der Waals surface area (Å²) in [5.74, 6) is -2.34. The maximum Gasteiger partial charge on any atom is 0.573 e. The van der Waals surface area contributed by atoms with Gasteiger partial charge in [-0.3, -0.25) is 9.59 Å². The van der Waals surface area contributed by atoms with Gasteiger partial charge in [0, 0.05) is 25.3 Å². The molecule has 202 valence electrons. The number of alkyl halides is 4. The quantitative estimate of drug-likeness (QED) is 0.478. The fourth-order valence-corrected chi connectivity index (χ4v) is 3.92. The molecular formula is C23H24F4N2O7S. The van der Waals surface area contributed by atoms with Crippen molar-refractivity contribution in [3.05, 3.63) is 53.6 Å². The maximum atomic E-state index is 15.0. The molecule has 0 aliphatic carbocycles. The van der Waals surface area contributed by atoms with Gasteiger partial charge in [0.15, 0.2) is 21.9 Å². The molecule has 0 bridgehead atoms. The lowest BCUT2D eigenvalue weighted by Crippen LogP contribution is -2.49. The van der Waals surface area contributed by atoms with E-state index >= 15 is 0 Å². The third-order valence-electron chi connectivity index (χ3n) is 5.28. The minimum atomic E-state index is -4.83. The van der Waals surface area contributed by atoms with E-state index in [0.29, 0.717) is 5.56 Å². The van der Waals surface area contributed by atoms with Gasteiger partial charge in [0.2, 0.25) is 5.91 Å². The predicted molar refractivity (Wildman–Crippen MR) is 123 cm³/mol. The lowest BCUT2D eigenvalue weighted by atomic mass is 10.0. The van der Waals surface area contributed by atoms with Crippen LogP contribution in [0.2, 0.25) is 0 Å². The minimum Gasteiger partial charge on any atom is -0.486 e. The Labute approximate surface area is 210 Å². The smallest absolute Gasteiger partial charge is 0.486 e. The normalized spacial score (nSPS) is 18.2. The molecule has 2 aromatic rings. The fraction of sp³-hybridized carbons (Fsp3) is 0.391. The second-order valence-electron chi connectivity index (χ2n) is 8.38. The van der Waals surface area contributed by atoms with E-state index in [9.17, 15) is 35.6 Å². The number of piperidine rings is 1. The van der Waals surface area contributed by atoms with E-state index in [0.717, 1.165) is 18.4 Å². The molecule has 0 aromatic heterocycles. The first kappa shape index (κ1) is 28.0. The first-order chi connectivity index (χ1) is 17.2. The van der Waals surface area contributed by atoms with Crippen molar-refractivity contribution in [2.24, 2.45) is 5.73 Å². The van der Waals surface area contributed by atoms with Gasteiger partial charge in [-0.05, 0) is 29.8 Å². The molecule has 0 unspecified atom stereocenters. The van der Waals surface area contributed by atoms with Gasteiger partial charge >= 0.3 is 6.36 Å². The Bertz CT molecular complexity index is 1240. The summed E-state index contributed by atoms with van der Waals surface area (Å²) >= 11 is 0. The Kier molecular flexibility index (Phi) is 8.51. The summed E-state index contributed by atoms with van der Waals surface area (Å²) < 4.78 is 89.1. The van der Waals surface area contributed by atoms with Crippen molar-refractivity contribution < 1.29 is 49.8 Å². The number of halogens is 4. The van der Waals surface area contributed by atoms with E-state index < -0.39 is 52.0 Å². The molecule has 1 aliphatic rings. The van der Waals surface area contributed by atoms with E-state index in [1.807, 2.05) is 0 Å². The Morgan fingerprint density at radius 2 is 1.76 bits per heavy atom. The van der Waals surface area contributed by atoms with Gasteiger partial charge in [0.05, 0.1) is 18.5 Å². The lowest BCUT2D eigenvalue weighted by molar-refractivity contribution is -0.274. The van der Waals surface area contributed by atoms with E-state index in [-0.39, 0.29) is 43.0 Å². The van der Waals surface area contributed by atoms with Crippen molar-refractivity contribution >= 4 is 21.7 Å². The third-order valence-corrected chi connectivity index (χ3v) is 5.83. The van der Waals surface area contributed by atoms with E-state index in [2.05, 4.69) is 4.74 Å². The van der Waals surface area contributed by atoms with Crippen LogP contribution in [0.25, 0.3) is 0 Å². The Balaban J connectivity index is 1.61. The predicted octanol–water partition coefficient (Wildman–Crippen LogP) is 2.63. The number of rotatable bonds is 9. The molecule has 1 saturated heterocycles. The number of hydrogen-bond acceptors (Lipinski definition) is 7. The highest BCUT2D eigenvalue weighted by Crippen LogP contribution is 2.29. The molecule has 0 saturated carbocycles. The highest BCUT2D eigenvalue weighted by atomic mass is 32.2. The summed E-state index contributed by atoms with van der Waals surface area (Å²) in [5.41, 5.74) is 5.72. The molecule has 2 atom stereocenters. The number of carbonyl (C=O) groups excluding carboxylic acids is 2. The molecule has 37 heavy (non-hydrogen) atoms. The zero-order valence-electron chi connectivity index (χ0n) is 19.5. The van der Waals surface area contributed by atoms with Crippen LogP contribution in [0, 0.1) is 0 Å². The molecule has 2 aromatic carbocycles. The van der Waals surface area contributed by atoms with Gasteiger partial charge < -0.3 is 24.8 Å². The van der Waals surface area contributed by atoms with Crippen molar-refractivity contribution in [1.82, 2.24) is 4.90 Å². The number of likely N-dealkylation sites (tertiary alicyclic amines) is 1. The van der Waals surface area contributed by atoms with Gasteiger partial charge in [-0.25, -0.2) is 12.8 Å². The van der Waals surface area contributed by atoms with Crippen LogP contribution in [-0.2, 0) is 21.1 Å². The molecular weight excluding hydrogens is 524 g/mol. The number of benzene rings is 2. The minimum absolute atomic E-state index is 0.0599. The molecule has 2 amide bonds. The topological polar surface area (TPSA) is 125 Å². The first-order valence-corrected chi connectivity index (χ1v) is 12.9. The van der Waals surface area contributed by atoms with Gasteiger partial charge in [-0.1, -0.05) is 12.1 Å². The van der Waals surface area contributed by atoms with Gasteiger partial charge in [0.1, 0.15) is 23.4 Å². The maximum absolute atomic E-state index is 15.0. The van der Waals surface area contributed by atoms with Crippen LogP contribution in [-0.4, -0.2) is 69.1 Å². The first-order valence-electron chi connectivity index (χ1n) is 10.9. The van der Waals surface area contributed by atoms with Gasteiger partial charge in [0.25, 0.3) is 5.91 Å². The molecule has 2 N–H and O–H groups in total. The Morgan fingerprint density at radius 1 is 1.11 bits per heavy atom. The van der Waals surface area contributed by atoms with Crippen LogP contribution in [0.15, 0.2) is 42.5 Å². The van der Waals surface area contributed by atoms with Crippen molar-refractivity contribution in [2.75, 3.05) is 25.3 Å². The Hall–Kier alpha value is -3.55. The number of primary amides is 1. The number of hydrogen-bond donors (Lipinski definition) is 1. The van der Waals surface area contributed by atoms with Crippen molar-refractivity contribution in [3.8, 4) is 17.2 Å². The van der Waals surface area contributed by atoms with Crippen molar-refractivity contribution in [3.63, 3.8) is 0 Å². The molecule has 0 radical (unpaired) electrons. The van der Waals surface area contributed by atoms with E-state index in [4.69, 9.17) is 15.2 Å². The van der Waals surface area contributed by atoms with Crippen LogP contribution < -0.4 is 19.9 Å². The molecule has 1 aliphatic heterocycles. The monoisotopic (exact) mass is 548 g/mol. The summed E-state index contributed by atoms with van der Waals surface area (Å²) in [5, 5.41) is 0. The largest absolute Gasteiger partial charge is 0.573 e. The SMILES string of the molecule is CS(=O)(=O)COc1ccc(C(N)=O)c(O[C@@H]2CCN(C(=O)Cc3ccc(OC(F)(F)F)cc3)C[C@@H]2F)c1. The molecule has 14 heteroatoms. The zero-order valence-corrected chi connectivity index (χ0v) is 20.4. The molecule has 9 nitrogen and oxygen atoms in total.